The maximum atomic E-state index is 9.20. The van der Waals surface area contributed by atoms with Gasteiger partial charge in [0.15, 0.2) is 0 Å². The zero-order valence-electron chi connectivity index (χ0n) is 7.81. The van der Waals surface area contributed by atoms with Crippen LogP contribution in [0.5, 0.6) is 5.75 Å². The second-order valence-electron chi connectivity index (χ2n) is 3.21. The summed E-state index contributed by atoms with van der Waals surface area (Å²) in [5.74, 6) is 0.680. The smallest absolute Gasteiger partial charge is 0.216 e. The first-order valence-corrected chi connectivity index (χ1v) is 4.56. The molecule has 1 aliphatic rings. The van der Waals surface area contributed by atoms with Gasteiger partial charge in [-0.15, -0.1) is 0 Å². The van der Waals surface area contributed by atoms with Crippen molar-refractivity contribution in [3.05, 3.63) is 48.1 Å². The van der Waals surface area contributed by atoms with Crippen molar-refractivity contribution in [3.8, 4) is 5.75 Å². The summed E-state index contributed by atoms with van der Waals surface area (Å²) >= 11 is 0. The minimum absolute atomic E-state index is 0.680. The Morgan fingerprint density at radius 1 is 1.50 bits per heavy atom. The molecule has 2 rings (SSSR count). The van der Waals surface area contributed by atoms with E-state index < -0.39 is 6.29 Å². The van der Waals surface area contributed by atoms with Gasteiger partial charge in [-0.3, -0.25) is 0 Å². The molecule has 0 radical (unpaired) electrons. The summed E-state index contributed by atoms with van der Waals surface area (Å²) in [5, 5.41) is 9.20. The van der Waals surface area contributed by atoms with Crippen LogP contribution in [0.2, 0.25) is 0 Å². The molecule has 1 N–H and O–H groups in total. The second kappa shape index (κ2) is 3.68. The van der Waals surface area contributed by atoms with E-state index in [4.69, 9.17) is 4.74 Å². The average Bonchev–Trinajstić information content (AvgIpc) is 2.64. The van der Waals surface area contributed by atoms with Crippen LogP contribution in [-0.2, 0) is 6.42 Å². The van der Waals surface area contributed by atoms with Gasteiger partial charge >= 0.3 is 0 Å². The molecule has 0 aromatic heterocycles. The molecule has 0 heterocycles. The van der Waals surface area contributed by atoms with Gasteiger partial charge < -0.3 is 9.84 Å². The molecule has 0 amide bonds. The van der Waals surface area contributed by atoms with Crippen molar-refractivity contribution in [2.75, 3.05) is 0 Å². The van der Waals surface area contributed by atoms with E-state index in [0.29, 0.717) is 5.75 Å². The number of benzene rings is 1. The normalized spacial score (nSPS) is 14.9. The van der Waals surface area contributed by atoms with Gasteiger partial charge in [0.2, 0.25) is 6.29 Å². The summed E-state index contributed by atoms with van der Waals surface area (Å²) in [7, 11) is 0. The van der Waals surface area contributed by atoms with Gasteiger partial charge in [-0.25, -0.2) is 0 Å². The van der Waals surface area contributed by atoms with Crippen molar-refractivity contribution in [3.63, 3.8) is 0 Å². The summed E-state index contributed by atoms with van der Waals surface area (Å²) in [6.45, 7) is 3.44. The Bertz CT molecular complexity index is 380. The van der Waals surface area contributed by atoms with E-state index in [-0.39, 0.29) is 0 Å². The van der Waals surface area contributed by atoms with Gasteiger partial charge in [-0.2, -0.15) is 0 Å². The Kier molecular flexibility index (Phi) is 2.37. The summed E-state index contributed by atoms with van der Waals surface area (Å²) in [6, 6.07) is 5.78. The molecule has 0 saturated heterocycles. The van der Waals surface area contributed by atoms with Crippen LogP contribution in [0.4, 0.5) is 0 Å². The third kappa shape index (κ3) is 1.70. The number of allylic oxidation sites excluding steroid dienone is 1. The fourth-order valence-electron chi connectivity index (χ4n) is 1.50. The first-order chi connectivity index (χ1) is 6.79. The first kappa shape index (κ1) is 9.03. The van der Waals surface area contributed by atoms with Gasteiger partial charge in [0.1, 0.15) is 5.75 Å². The molecule has 1 aromatic carbocycles. The molecule has 1 aromatic rings. The third-order valence-electron chi connectivity index (χ3n) is 2.21. The summed E-state index contributed by atoms with van der Waals surface area (Å²) in [4.78, 5) is 0. The topological polar surface area (TPSA) is 29.5 Å². The van der Waals surface area contributed by atoms with Crippen LogP contribution < -0.4 is 4.74 Å². The molecular formula is C12H12O2. The molecule has 2 nitrogen and oxygen atoms in total. The van der Waals surface area contributed by atoms with Crippen LogP contribution >= 0.6 is 0 Å². The summed E-state index contributed by atoms with van der Waals surface area (Å²) in [5.41, 5.74) is 2.46. The quantitative estimate of drug-likeness (QED) is 0.581. The van der Waals surface area contributed by atoms with Crippen LogP contribution in [0.1, 0.15) is 11.1 Å². The number of hydrogen-bond acceptors (Lipinski definition) is 2. The van der Waals surface area contributed by atoms with E-state index in [1.807, 2.05) is 18.2 Å². The van der Waals surface area contributed by atoms with E-state index >= 15 is 0 Å². The van der Waals surface area contributed by atoms with E-state index in [1.54, 1.807) is 0 Å². The molecule has 1 aliphatic carbocycles. The second-order valence-corrected chi connectivity index (χ2v) is 3.21. The van der Waals surface area contributed by atoms with Crippen LogP contribution in [-0.4, -0.2) is 11.4 Å². The fraction of sp³-hybridized carbons (Fsp3) is 0.167. The molecule has 1 atom stereocenters. The number of fused-ring (bicyclic) bond motifs is 1. The Balaban J connectivity index is 2.18. The Labute approximate surface area is 83.1 Å². The van der Waals surface area contributed by atoms with Gasteiger partial charge in [0.25, 0.3) is 0 Å². The maximum absolute atomic E-state index is 9.20. The lowest BCUT2D eigenvalue weighted by molar-refractivity contribution is 0.0250. The van der Waals surface area contributed by atoms with E-state index in [9.17, 15) is 5.11 Å². The Morgan fingerprint density at radius 2 is 2.36 bits per heavy atom. The lowest BCUT2D eigenvalue weighted by Gasteiger charge is -2.10. The van der Waals surface area contributed by atoms with E-state index in [1.165, 1.54) is 17.2 Å². The molecule has 0 bridgehead atoms. The number of ether oxygens (including phenoxy) is 1. The predicted octanol–water partition coefficient (Wildman–Crippen LogP) is 2.14. The minimum Gasteiger partial charge on any atom is -0.461 e. The van der Waals surface area contributed by atoms with E-state index in [0.717, 1.165) is 6.42 Å². The predicted molar refractivity (Wildman–Crippen MR) is 56.0 cm³/mol. The van der Waals surface area contributed by atoms with Crippen molar-refractivity contribution in [1.82, 2.24) is 0 Å². The van der Waals surface area contributed by atoms with Crippen LogP contribution in [0.25, 0.3) is 6.08 Å². The van der Waals surface area contributed by atoms with Crippen LogP contribution in [0.15, 0.2) is 36.9 Å². The Hall–Kier alpha value is -1.54. The highest BCUT2D eigenvalue weighted by atomic mass is 16.6. The van der Waals surface area contributed by atoms with Crippen LogP contribution in [0.3, 0.4) is 0 Å². The molecule has 0 fully saturated rings. The minimum atomic E-state index is -0.928. The lowest BCUT2D eigenvalue weighted by atomic mass is 10.1. The molecule has 0 spiro atoms. The van der Waals surface area contributed by atoms with Gasteiger partial charge in [0.05, 0.1) is 0 Å². The van der Waals surface area contributed by atoms with Crippen molar-refractivity contribution < 1.29 is 9.84 Å². The summed E-state index contributed by atoms with van der Waals surface area (Å²) < 4.78 is 5.20. The highest BCUT2D eigenvalue weighted by Crippen LogP contribution is 2.24. The summed E-state index contributed by atoms with van der Waals surface area (Å²) in [6.07, 6.45) is 5.56. The van der Waals surface area contributed by atoms with Gasteiger partial charge in [-0.05, 0) is 35.8 Å². The zero-order valence-corrected chi connectivity index (χ0v) is 7.81. The third-order valence-corrected chi connectivity index (χ3v) is 2.21. The van der Waals surface area contributed by atoms with Gasteiger partial charge in [-0.1, -0.05) is 24.8 Å². The lowest BCUT2D eigenvalue weighted by Crippen LogP contribution is -2.11. The standard InChI is InChI=1S/C12H12O2/c1-2-12(13)14-11-7-6-9-4-3-5-10(9)8-11/h2-4,6-8,12-13H,1,5H2. The molecule has 0 saturated carbocycles. The van der Waals surface area contributed by atoms with Gasteiger partial charge in [0, 0.05) is 0 Å². The van der Waals surface area contributed by atoms with E-state index in [2.05, 4.69) is 18.7 Å². The highest BCUT2D eigenvalue weighted by molar-refractivity contribution is 5.61. The number of rotatable bonds is 3. The average molecular weight is 188 g/mol. The number of hydrogen-bond donors (Lipinski definition) is 1. The molecule has 14 heavy (non-hydrogen) atoms. The molecule has 0 aliphatic heterocycles. The molecule has 2 heteroatoms. The van der Waals surface area contributed by atoms with Crippen molar-refractivity contribution >= 4 is 6.08 Å². The van der Waals surface area contributed by atoms with Crippen molar-refractivity contribution in [2.24, 2.45) is 0 Å². The van der Waals surface area contributed by atoms with Crippen LogP contribution in [0, 0.1) is 0 Å². The zero-order chi connectivity index (χ0) is 9.97. The fourth-order valence-corrected chi connectivity index (χ4v) is 1.50. The monoisotopic (exact) mass is 188 g/mol. The maximum Gasteiger partial charge on any atom is 0.216 e. The van der Waals surface area contributed by atoms with Crippen molar-refractivity contribution in [1.29, 1.82) is 0 Å². The number of aliphatic hydroxyl groups excluding tert-OH is 1. The molecule has 72 valence electrons. The SMILES string of the molecule is C=CC(O)Oc1ccc2c(c1)CC=C2. The highest BCUT2D eigenvalue weighted by Gasteiger charge is 2.07. The van der Waals surface area contributed by atoms with Crippen molar-refractivity contribution in [2.45, 2.75) is 12.7 Å². The Morgan fingerprint density at radius 3 is 3.14 bits per heavy atom. The number of aliphatic hydroxyl groups is 1. The molecular weight excluding hydrogens is 176 g/mol. The molecule has 1 unspecified atom stereocenters. The largest absolute Gasteiger partial charge is 0.461 e. The first-order valence-electron chi connectivity index (χ1n) is 4.56.